The van der Waals surface area contributed by atoms with Crippen molar-refractivity contribution in [3.63, 3.8) is 0 Å². The minimum atomic E-state index is 0.841. The molecule has 3 nitrogen and oxygen atoms in total. The van der Waals surface area contributed by atoms with Gasteiger partial charge in [-0.2, -0.15) is 0 Å². The Morgan fingerprint density at radius 3 is 2.18 bits per heavy atom. The molecule has 2 aliphatic rings. The molecule has 0 amide bonds. The van der Waals surface area contributed by atoms with Crippen molar-refractivity contribution in [1.82, 2.24) is 9.80 Å². The summed E-state index contributed by atoms with van der Waals surface area (Å²) in [5.41, 5.74) is 2.63. The van der Waals surface area contributed by atoms with E-state index in [-0.39, 0.29) is 0 Å². The molecule has 2 fully saturated rings. The quantitative estimate of drug-likeness (QED) is 0.843. The van der Waals surface area contributed by atoms with Crippen LogP contribution in [0, 0.1) is 6.92 Å². The highest BCUT2D eigenvalue weighted by molar-refractivity contribution is 6.30. The van der Waals surface area contributed by atoms with Crippen LogP contribution in [0.4, 0.5) is 5.69 Å². The first-order valence-corrected chi connectivity index (χ1v) is 9.06. The van der Waals surface area contributed by atoms with Gasteiger partial charge in [0.2, 0.25) is 0 Å². The lowest BCUT2D eigenvalue weighted by molar-refractivity contribution is 0.177. The second-order valence-electron chi connectivity index (χ2n) is 6.66. The van der Waals surface area contributed by atoms with Crippen LogP contribution in [0.3, 0.4) is 0 Å². The molecule has 3 rings (SSSR count). The Bertz CT molecular complexity index is 477. The number of halogens is 1. The maximum Gasteiger partial charge on any atom is 0.0426 e. The Balaban J connectivity index is 1.46. The Morgan fingerprint density at radius 1 is 0.864 bits per heavy atom. The zero-order valence-corrected chi connectivity index (χ0v) is 14.5. The van der Waals surface area contributed by atoms with Gasteiger partial charge in [-0.25, -0.2) is 0 Å². The summed E-state index contributed by atoms with van der Waals surface area (Å²) in [6.45, 7) is 11.8. The number of piperazine rings is 1. The molecule has 0 spiro atoms. The number of benzene rings is 1. The van der Waals surface area contributed by atoms with E-state index in [1.165, 1.54) is 69.8 Å². The summed E-state index contributed by atoms with van der Waals surface area (Å²) in [6.07, 6.45) is 4.21. The number of piperidine rings is 1. The van der Waals surface area contributed by atoms with E-state index < -0.39 is 0 Å². The van der Waals surface area contributed by atoms with Crippen LogP contribution in [-0.4, -0.2) is 62.2 Å². The average Bonchev–Trinajstić information content (AvgIpc) is 2.57. The maximum atomic E-state index is 6.16. The second-order valence-corrected chi connectivity index (χ2v) is 7.10. The van der Waals surface area contributed by atoms with Crippen molar-refractivity contribution in [3.8, 4) is 0 Å². The average molecular weight is 322 g/mol. The summed E-state index contributed by atoms with van der Waals surface area (Å²) in [7, 11) is 0. The third-order valence-electron chi connectivity index (χ3n) is 5.07. The van der Waals surface area contributed by atoms with Crippen molar-refractivity contribution in [2.75, 3.05) is 57.3 Å². The third-order valence-corrected chi connectivity index (χ3v) is 5.30. The lowest BCUT2D eigenvalue weighted by atomic mass is 10.1. The van der Waals surface area contributed by atoms with E-state index in [0.717, 1.165) is 18.1 Å². The first-order valence-electron chi connectivity index (χ1n) is 8.68. The molecule has 0 radical (unpaired) electrons. The molecule has 2 heterocycles. The monoisotopic (exact) mass is 321 g/mol. The van der Waals surface area contributed by atoms with E-state index in [0.29, 0.717) is 0 Å². The Labute approximate surface area is 139 Å². The molecule has 2 aliphatic heterocycles. The van der Waals surface area contributed by atoms with E-state index in [1.807, 2.05) is 6.07 Å². The van der Waals surface area contributed by atoms with Crippen LogP contribution in [-0.2, 0) is 0 Å². The van der Waals surface area contributed by atoms with Crippen LogP contribution < -0.4 is 4.90 Å². The van der Waals surface area contributed by atoms with Gasteiger partial charge in [0.1, 0.15) is 0 Å². The number of rotatable bonds is 4. The van der Waals surface area contributed by atoms with Crippen LogP contribution in [0.25, 0.3) is 0 Å². The van der Waals surface area contributed by atoms with Crippen LogP contribution in [0.5, 0.6) is 0 Å². The van der Waals surface area contributed by atoms with E-state index in [4.69, 9.17) is 11.6 Å². The molecule has 0 aliphatic carbocycles. The first-order chi connectivity index (χ1) is 10.7. The van der Waals surface area contributed by atoms with E-state index in [9.17, 15) is 0 Å². The third kappa shape index (κ3) is 4.15. The molecule has 4 heteroatoms. The summed E-state index contributed by atoms with van der Waals surface area (Å²) in [6, 6.07) is 6.22. The van der Waals surface area contributed by atoms with Crippen LogP contribution >= 0.6 is 11.6 Å². The highest BCUT2D eigenvalue weighted by Crippen LogP contribution is 2.25. The molecular formula is C18H28ClN3. The van der Waals surface area contributed by atoms with Gasteiger partial charge in [0.15, 0.2) is 0 Å². The molecule has 0 unspecified atom stereocenters. The summed E-state index contributed by atoms with van der Waals surface area (Å²) < 4.78 is 0. The normalized spacial score (nSPS) is 21.3. The van der Waals surface area contributed by atoms with Gasteiger partial charge < -0.3 is 9.80 Å². The number of likely N-dealkylation sites (tertiary alicyclic amines) is 1. The SMILES string of the molecule is Cc1ccc(Cl)cc1N1CCN(CCN2CCCCC2)CC1. The molecule has 1 aromatic carbocycles. The predicted octanol–water partition coefficient (Wildman–Crippen LogP) is 3.26. The predicted molar refractivity (Wildman–Crippen MR) is 95.1 cm³/mol. The zero-order valence-electron chi connectivity index (χ0n) is 13.7. The topological polar surface area (TPSA) is 9.72 Å². The van der Waals surface area contributed by atoms with Crippen molar-refractivity contribution in [2.45, 2.75) is 26.2 Å². The molecule has 0 N–H and O–H groups in total. The molecule has 0 saturated carbocycles. The molecule has 1 aromatic rings. The fourth-order valence-corrected chi connectivity index (χ4v) is 3.77. The number of aryl methyl sites for hydroxylation is 1. The van der Waals surface area contributed by atoms with Crippen molar-refractivity contribution in [1.29, 1.82) is 0 Å². The molecular weight excluding hydrogens is 294 g/mol. The number of hydrogen-bond donors (Lipinski definition) is 0. The van der Waals surface area contributed by atoms with Gasteiger partial charge >= 0.3 is 0 Å². The summed E-state index contributed by atoms with van der Waals surface area (Å²) in [5.74, 6) is 0. The summed E-state index contributed by atoms with van der Waals surface area (Å²) in [5, 5.41) is 0.841. The fraction of sp³-hybridized carbons (Fsp3) is 0.667. The van der Waals surface area contributed by atoms with E-state index in [2.05, 4.69) is 33.8 Å². The van der Waals surface area contributed by atoms with Crippen LogP contribution in [0.15, 0.2) is 18.2 Å². The van der Waals surface area contributed by atoms with Gasteiger partial charge in [0.05, 0.1) is 0 Å². The fourth-order valence-electron chi connectivity index (χ4n) is 3.60. The molecule has 2 saturated heterocycles. The van der Waals surface area contributed by atoms with Gasteiger partial charge in [-0.15, -0.1) is 0 Å². The standard InChI is InChI=1S/C18H28ClN3/c1-16-5-6-17(19)15-18(16)22-13-11-21(12-14-22)10-9-20-7-3-2-4-8-20/h5-6,15H,2-4,7-14H2,1H3. The first kappa shape index (κ1) is 16.1. The zero-order chi connectivity index (χ0) is 15.4. The summed E-state index contributed by atoms with van der Waals surface area (Å²) in [4.78, 5) is 7.74. The number of nitrogens with zero attached hydrogens (tertiary/aromatic N) is 3. The Morgan fingerprint density at radius 2 is 1.50 bits per heavy atom. The minimum absolute atomic E-state index is 0.841. The number of hydrogen-bond acceptors (Lipinski definition) is 3. The Hall–Kier alpha value is -0.770. The summed E-state index contributed by atoms with van der Waals surface area (Å²) >= 11 is 6.16. The van der Waals surface area contributed by atoms with Crippen molar-refractivity contribution < 1.29 is 0 Å². The molecule has 122 valence electrons. The van der Waals surface area contributed by atoms with Crippen molar-refractivity contribution in [2.24, 2.45) is 0 Å². The van der Waals surface area contributed by atoms with Gasteiger partial charge in [-0.3, -0.25) is 4.90 Å². The minimum Gasteiger partial charge on any atom is -0.369 e. The lowest BCUT2D eigenvalue weighted by Crippen LogP contribution is -2.49. The maximum absolute atomic E-state index is 6.16. The van der Waals surface area contributed by atoms with Gasteiger partial charge in [0.25, 0.3) is 0 Å². The van der Waals surface area contributed by atoms with Gasteiger partial charge in [0, 0.05) is 50.0 Å². The number of anilines is 1. The largest absolute Gasteiger partial charge is 0.369 e. The van der Waals surface area contributed by atoms with Crippen LogP contribution in [0.1, 0.15) is 24.8 Å². The van der Waals surface area contributed by atoms with Crippen molar-refractivity contribution in [3.05, 3.63) is 28.8 Å². The lowest BCUT2D eigenvalue weighted by Gasteiger charge is -2.38. The molecule has 22 heavy (non-hydrogen) atoms. The van der Waals surface area contributed by atoms with E-state index >= 15 is 0 Å². The van der Waals surface area contributed by atoms with Crippen molar-refractivity contribution >= 4 is 17.3 Å². The highest BCUT2D eigenvalue weighted by atomic mass is 35.5. The van der Waals surface area contributed by atoms with E-state index in [1.54, 1.807) is 0 Å². The van der Waals surface area contributed by atoms with Gasteiger partial charge in [-0.1, -0.05) is 24.1 Å². The molecule has 0 aromatic heterocycles. The molecule has 0 atom stereocenters. The second kappa shape index (κ2) is 7.67. The van der Waals surface area contributed by atoms with Gasteiger partial charge in [-0.05, 0) is 50.6 Å². The highest BCUT2D eigenvalue weighted by Gasteiger charge is 2.19. The smallest absolute Gasteiger partial charge is 0.0426 e. The van der Waals surface area contributed by atoms with Crippen LogP contribution in [0.2, 0.25) is 5.02 Å². The Kier molecular flexibility index (Phi) is 5.61. The molecule has 0 bridgehead atoms.